The van der Waals surface area contributed by atoms with Gasteiger partial charge in [-0.2, -0.15) is 8.42 Å². The number of nitrogens with zero attached hydrogens (tertiary/aromatic N) is 3. The minimum Gasteiger partial charge on any atom is -0.348 e. The monoisotopic (exact) mass is 460 g/mol. The maximum atomic E-state index is 13.5. The summed E-state index contributed by atoms with van der Waals surface area (Å²) < 4.78 is 29.8. The molecule has 0 spiro atoms. The molecule has 1 amide bonds. The van der Waals surface area contributed by atoms with Gasteiger partial charge in [-0.1, -0.05) is 66.7 Å². The molecule has 168 valence electrons. The van der Waals surface area contributed by atoms with Crippen LogP contribution in [0.15, 0.2) is 102 Å². The Bertz CT molecular complexity index is 1340. The first-order valence-electron chi connectivity index (χ1n) is 10.4. The molecule has 0 saturated heterocycles. The second-order valence-corrected chi connectivity index (χ2v) is 9.40. The summed E-state index contributed by atoms with van der Waals surface area (Å²) in [6.45, 7) is 0.485. The van der Waals surface area contributed by atoms with E-state index in [2.05, 4.69) is 10.3 Å². The van der Waals surface area contributed by atoms with Gasteiger partial charge in [0.1, 0.15) is 0 Å². The predicted octanol–water partition coefficient (Wildman–Crippen LogP) is 3.75. The molecule has 0 aliphatic rings. The maximum Gasteiger partial charge on any atom is 0.283 e. The second kappa shape index (κ2) is 9.70. The van der Waals surface area contributed by atoms with Gasteiger partial charge in [-0.3, -0.25) is 9.10 Å². The highest BCUT2D eigenvalue weighted by molar-refractivity contribution is 7.92. The fraction of sp³-hybridized carbons (Fsp3) is 0.120. The summed E-state index contributed by atoms with van der Waals surface area (Å²) in [6.07, 6.45) is 2.91. The quantitative estimate of drug-likeness (QED) is 0.434. The van der Waals surface area contributed by atoms with Gasteiger partial charge in [0.25, 0.3) is 15.9 Å². The summed E-state index contributed by atoms with van der Waals surface area (Å²) in [7, 11) is -2.25. The number of rotatable bonds is 8. The Morgan fingerprint density at radius 3 is 2.24 bits per heavy atom. The van der Waals surface area contributed by atoms with Crippen molar-refractivity contribution in [2.24, 2.45) is 7.05 Å². The molecule has 4 aromatic rings. The molecule has 0 aliphatic heterocycles. The summed E-state index contributed by atoms with van der Waals surface area (Å²) in [5.41, 5.74) is 2.55. The number of imidazole rings is 1. The SMILES string of the molecule is Cn1cnc(S(=O)(=O)N(Cc2ccccc2)c2cccc(C(=O)NCc3ccccc3)c2)c1. The van der Waals surface area contributed by atoms with E-state index in [9.17, 15) is 13.2 Å². The zero-order valence-electron chi connectivity index (χ0n) is 18.1. The van der Waals surface area contributed by atoms with Gasteiger partial charge in [0.2, 0.25) is 0 Å². The Labute approximate surface area is 193 Å². The number of benzene rings is 3. The molecule has 3 aromatic carbocycles. The first-order valence-corrected chi connectivity index (χ1v) is 11.8. The number of aromatic nitrogens is 2. The average Bonchev–Trinajstić information content (AvgIpc) is 3.29. The third-order valence-corrected chi connectivity index (χ3v) is 6.76. The van der Waals surface area contributed by atoms with Crippen molar-refractivity contribution in [3.63, 3.8) is 0 Å². The number of hydrogen-bond acceptors (Lipinski definition) is 4. The third-order valence-electron chi connectivity index (χ3n) is 5.10. The molecule has 0 unspecified atom stereocenters. The topological polar surface area (TPSA) is 84.3 Å². The van der Waals surface area contributed by atoms with Crippen LogP contribution in [0.4, 0.5) is 5.69 Å². The Morgan fingerprint density at radius 1 is 0.939 bits per heavy atom. The minimum absolute atomic E-state index is 0.0557. The Hall–Kier alpha value is -3.91. The molecule has 0 bridgehead atoms. The van der Waals surface area contributed by atoms with Gasteiger partial charge in [-0.05, 0) is 29.3 Å². The molecule has 8 heteroatoms. The summed E-state index contributed by atoms with van der Waals surface area (Å²) in [4.78, 5) is 16.8. The van der Waals surface area contributed by atoms with Crippen molar-refractivity contribution >= 4 is 21.6 Å². The van der Waals surface area contributed by atoms with Crippen LogP contribution >= 0.6 is 0 Å². The zero-order valence-corrected chi connectivity index (χ0v) is 18.9. The predicted molar refractivity (Wildman–Crippen MR) is 127 cm³/mol. The summed E-state index contributed by atoms with van der Waals surface area (Å²) in [6, 6.07) is 25.5. The lowest BCUT2D eigenvalue weighted by atomic mass is 10.1. The van der Waals surface area contributed by atoms with Crippen LogP contribution in [0.1, 0.15) is 21.5 Å². The van der Waals surface area contributed by atoms with Gasteiger partial charge in [-0.15, -0.1) is 0 Å². The van der Waals surface area contributed by atoms with Crippen LogP contribution in [0.25, 0.3) is 0 Å². The van der Waals surface area contributed by atoms with E-state index in [1.54, 1.807) is 35.9 Å². The van der Waals surface area contributed by atoms with Crippen molar-refractivity contribution in [2.75, 3.05) is 4.31 Å². The lowest BCUT2D eigenvalue weighted by Crippen LogP contribution is -2.31. The molecule has 0 radical (unpaired) electrons. The number of aryl methyl sites for hydroxylation is 1. The van der Waals surface area contributed by atoms with E-state index < -0.39 is 10.0 Å². The Balaban J connectivity index is 1.65. The summed E-state index contributed by atoms with van der Waals surface area (Å²) in [5, 5.41) is 2.83. The van der Waals surface area contributed by atoms with Crippen molar-refractivity contribution in [1.29, 1.82) is 0 Å². The number of nitrogens with one attached hydrogen (secondary N) is 1. The zero-order chi connectivity index (χ0) is 23.3. The molecule has 1 N–H and O–H groups in total. The van der Waals surface area contributed by atoms with Crippen LogP contribution in [0, 0.1) is 0 Å². The summed E-state index contributed by atoms with van der Waals surface area (Å²) in [5.74, 6) is -0.282. The molecule has 0 aliphatic carbocycles. The molecule has 4 rings (SSSR count). The van der Waals surface area contributed by atoms with E-state index in [1.165, 1.54) is 16.8 Å². The molecule has 1 aromatic heterocycles. The van der Waals surface area contributed by atoms with E-state index in [-0.39, 0.29) is 17.5 Å². The normalized spacial score (nSPS) is 11.2. The molecule has 0 fully saturated rings. The lowest BCUT2D eigenvalue weighted by molar-refractivity contribution is 0.0951. The van der Waals surface area contributed by atoms with E-state index in [4.69, 9.17) is 0 Å². The highest BCUT2D eigenvalue weighted by atomic mass is 32.2. The van der Waals surface area contributed by atoms with E-state index in [0.717, 1.165) is 11.1 Å². The third kappa shape index (κ3) is 5.30. The first kappa shape index (κ1) is 22.3. The van der Waals surface area contributed by atoms with Gasteiger partial charge in [-0.25, -0.2) is 4.98 Å². The van der Waals surface area contributed by atoms with Crippen molar-refractivity contribution in [2.45, 2.75) is 18.1 Å². The molecule has 7 nitrogen and oxygen atoms in total. The molecular weight excluding hydrogens is 436 g/mol. The molecule has 1 heterocycles. The maximum absolute atomic E-state index is 13.5. The fourth-order valence-corrected chi connectivity index (χ4v) is 4.80. The van der Waals surface area contributed by atoms with Crippen LogP contribution in [0.3, 0.4) is 0 Å². The summed E-state index contributed by atoms with van der Waals surface area (Å²) >= 11 is 0. The Morgan fingerprint density at radius 2 is 1.61 bits per heavy atom. The Kier molecular flexibility index (Phi) is 6.55. The second-order valence-electron chi connectivity index (χ2n) is 7.59. The molecular formula is C25H24N4O3S. The van der Waals surface area contributed by atoms with Gasteiger partial charge in [0, 0.05) is 25.4 Å². The first-order chi connectivity index (χ1) is 15.9. The van der Waals surface area contributed by atoms with Gasteiger partial charge in [0.15, 0.2) is 5.03 Å². The highest BCUT2D eigenvalue weighted by Gasteiger charge is 2.28. The smallest absolute Gasteiger partial charge is 0.283 e. The van der Waals surface area contributed by atoms with Crippen LogP contribution < -0.4 is 9.62 Å². The van der Waals surface area contributed by atoms with Crippen LogP contribution in [0.5, 0.6) is 0 Å². The van der Waals surface area contributed by atoms with Crippen LogP contribution in [0.2, 0.25) is 0 Å². The number of carbonyl (C=O) groups is 1. The largest absolute Gasteiger partial charge is 0.348 e. The minimum atomic E-state index is -3.96. The number of carbonyl (C=O) groups excluding carboxylic acids is 1. The average molecular weight is 461 g/mol. The van der Waals surface area contributed by atoms with Gasteiger partial charge >= 0.3 is 0 Å². The van der Waals surface area contributed by atoms with Crippen molar-refractivity contribution in [1.82, 2.24) is 14.9 Å². The molecule has 0 atom stereocenters. The van der Waals surface area contributed by atoms with E-state index in [0.29, 0.717) is 17.8 Å². The van der Waals surface area contributed by atoms with E-state index >= 15 is 0 Å². The van der Waals surface area contributed by atoms with Gasteiger partial charge < -0.3 is 9.88 Å². The van der Waals surface area contributed by atoms with Crippen LogP contribution in [-0.2, 0) is 30.2 Å². The van der Waals surface area contributed by atoms with Gasteiger partial charge in [0.05, 0.1) is 18.6 Å². The number of anilines is 1. The van der Waals surface area contributed by atoms with E-state index in [1.807, 2.05) is 60.7 Å². The van der Waals surface area contributed by atoms with Crippen LogP contribution in [-0.4, -0.2) is 23.9 Å². The van der Waals surface area contributed by atoms with Crippen molar-refractivity contribution < 1.29 is 13.2 Å². The number of amides is 1. The van der Waals surface area contributed by atoms with Crippen molar-refractivity contribution in [3.8, 4) is 0 Å². The lowest BCUT2D eigenvalue weighted by Gasteiger charge is -2.24. The number of hydrogen-bond donors (Lipinski definition) is 1. The molecule has 0 saturated carbocycles. The standard InChI is InChI=1S/C25H24N4O3S/c1-28-18-24(27-19-28)33(31,32)29(17-21-11-6-3-7-12-21)23-14-8-13-22(15-23)25(30)26-16-20-9-4-2-5-10-20/h2-15,18-19H,16-17H2,1H3,(H,26,30). The van der Waals surface area contributed by atoms with Crippen molar-refractivity contribution in [3.05, 3.63) is 114 Å². The number of sulfonamides is 1. The fourth-order valence-electron chi connectivity index (χ4n) is 3.38. The highest BCUT2D eigenvalue weighted by Crippen LogP contribution is 2.26. The molecule has 33 heavy (non-hydrogen) atoms.